The van der Waals surface area contributed by atoms with Crippen molar-refractivity contribution in [3.8, 4) is 11.1 Å². The molecule has 6 aromatic rings. The van der Waals surface area contributed by atoms with Crippen LogP contribution in [0.15, 0.2) is 155 Å². The van der Waals surface area contributed by atoms with Gasteiger partial charge in [0.05, 0.1) is 0 Å². The van der Waals surface area contributed by atoms with Gasteiger partial charge in [-0.2, -0.15) is 0 Å². The molecule has 0 unspecified atom stereocenters. The lowest BCUT2D eigenvalue weighted by molar-refractivity contribution is 0.660. The van der Waals surface area contributed by atoms with Crippen LogP contribution in [-0.2, 0) is 5.41 Å². The van der Waals surface area contributed by atoms with Crippen molar-refractivity contribution in [1.82, 2.24) is 0 Å². The Morgan fingerprint density at radius 2 is 0.767 bits per heavy atom. The first-order chi connectivity index (χ1) is 20.9. The van der Waals surface area contributed by atoms with E-state index in [4.69, 9.17) is 0 Å². The molecule has 7 rings (SSSR count). The Morgan fingerprint density at radius 1 is 0.395 bits per heavy atom. The summed E-state index contributed by atoms with van der Waals surface area (Å²) < 4.78 is 2.11. The third-order valence-electron chi connectivity index (χ3n) is 8.32. The monoisotopic (exact) mass is 684 g/mol. The Balaban J connectivity index is 1.34. The van der Waals surface area contributed by atoms with E-state index in [0.29, 0.717) is 0 Å². The topological polar surface area (TPSA) is 6.48 Å². The van der Waals surface area contributed by atoms with E-state index in [2.05, 4.69) is 201 Å². The second-order valence-corrected chi connectivity index (χ2v) is 13.2. The molecule has 0 atom stereocenters. The van der Waals surface area contributed by atoms with Crippen molar-refractivity contribution in [2.75, 3.05) is 9.80 Å². The van der Waals surface area contributed by atoms with Gasteiger partial charge in [0.25, 0.3) is 0 Å². The fourth-order valence-electron chi connectivity index (χ4n) is 6.27. The summed E-state index contributed by atoms with van der Waals surface area (Å²) >= 11 is 7.37. The van der Waals surface area contributed by atoms with Crippen LogP contribution in [0.3, 0.4) is 0 Å². The van der Waals surface area contributed by atoms with Gasteiger partial charge < -0.3 is 9.80 Å². The van der Waals surface area contributed by atoms with Gasteiger partial charge in [-0.3, -0.25) is 0 Å². The SMILES string of the molecule is CC1(C)c2cc(N(c3ccccc3)c3cccc(Br)c3)ccc2-c2ccc(N(c3ccccc3)c3cccc(Br)c3)cc21. The number of halogens is 2. The molecule has 0 aliphatic heterocycles. The second-order valence-electron chi connectivity index (χ2n) is 11.4. The van der Waals surface area contributed by atoms with Gasteiger partial charge in [-0.15, -0.1) is 0 Å². The Bertz CT molecular complexity index is 1790. The van der Waals surface area contributed by atoms with E-state index in [1.807, 2.05) is 0 Å². The minimum absolute atomic E-state index is 0.185. The van der Waals surface area contributed by atoms with Crippen molar-refractivity contribution in [3.63, 3.8) is 0 Å². The van der Waals surface area contributed by atoms with E-state index < -0.39 is 0 Å². The molecule has 0 saturated carbocycles. The molecule has 0 N–H and O–H groups in total. The second kappa shape index (κ2) is 11.2. The normalized spacial score (nSPS) is 12.8. The lowest BCUT2D eigenvalue weighted by atomic mass is 9.82. The number of benzene rings is 6. The molecule has 0 radical (unpaired) electrons. The summed E-state index contributed by atoms with van der Waals surface area (Å²) in [6.07, 6.45) is 0. The number of fused-ring (bicyclic) bond motifs is 3. The molecule has 43 heavy (non-hydrogen) atoms. The first-order valence-electron chi connectivity index (χ1n) is 14.4. The van der Waals surface area contributed by atoms with Crippen LogP contribution in [0.4, 0.5) is 34.1 Å². The van der Waals surface area contributed by atoms with E-state index in [0.717, 1.165) is 43.1 Å². The van der Waals surface area contributed by atoms with Gasteiger partial charge in [0.1, 0.15) is 0 Å². The number of hydrogen-bond donors (Lipinski definition) is 0. The van der Waals surface area contributed by atoms with Crippen LogP contribution < -0.4 is 9.80 Å². The van der Waals surface area contributed by atoms with Crippen LogP contribution in [0.25, 0.3) is 11.1 Å². The zero-order chi connectivity index (χ0) is 29.6. The van der Waals surface area contributed by atoms with Crippen LogP contribution in [0.1, 0.15) is 25.0 Å². The Hall–Kier alpha value is -4.12. The van der Waals surface area contributed by atoms with Gasteiger partial charge in [-0.1, -0.05) is 106 Å². The number of nitrogens with zero attached hydrogens (tertiary/aromatic N) is 2. The standard InChI is InChI=1S/C39H30Br2N2/c1-39(2)37-25-33(42(29-13-5-3-6-14-29)31-17-9-11-27(40)23-31)19-21-35(37)36-22-20-34(26-38(36)39)43(30-15-7-4-8-16-30)32-18-10-12-28(41)24-32/h3-26H,1-2H3. The van der Waals surface area contributed by atoms with Crippen LogP contribution in [0.5, 0.6) is 0 Å². The van der Waals surface area contributed by atoms with Gasteiger partial charge in [0, 0.05) is 48.5 Å². The summed E-state index contributed by atoms with van der Waals surface area (Å²) in [7, 11) is 0. The van der Waals surface area contributed by atoms with Crippen molar-refractivity contribution in [1.29, 1.82) is 0 Å². The fourth-order valence-corrected chi connectivity index (χ4v) is 7.04. The zero-order valence-corrected chi connectivity index (χ0v) is 27.2. The quantitative estimate of drug-likeness (QED) is 0.172. The molecule has 0 amide bonds. The lowest BCUT2D eigenvalue weighted by Crippen LogP contribution is -2.17. The van der Waals surface area contributed by atoms with E-state index in [1.54, 1.807) is 0 Å². The first kappa shape index (κ1) is 27.7. The molecule has 0 bridgehead atoms. The minimum atomic E-state index is -0.185. The average molecular weight is 686 g/mol. The molecule has 210 valence electrons. The van der Waals surface area contributed by atoms with Crippen molar-refractivity contribution >= 4 is 66.0 Å². The molecule has 1 aliphatic carbocycles. The molecule has 0 heterocycles. The molecule has 0 spiro atoms. The highest BCUT2D eigenvalue weighted by Crippen LogP contribution is 2.52. The summed E-state index contributed by atoms with van der Waals surface area (Å²) in [5, 5.41) is 0. The molecular formula is C39H30Br2N2. The Kier molecular flexibility index (Phi) is 7.20. The summed E-state index contributed by atoms with van der Waals surface area (Å²) in [4.78, 5) is 4.67. The summed E-state index contributed by atoms with van der Waals surface area (Å²) in [6, 6.07) is 52.0. The van der Waals surface area contributed by atoms with E-state index in [-0.39, 0.29) is 5.41 Å². The van der Waals surface area contributed by atoms with Crippen molar-refractivity contribution in [2.24, 2.45) is 0 Å². The molecule has 0 saturated heterocycles. The van der Waals surface area contributed by atoms with Crippen LogP contribution in [0, 0.1) is 0 Å². The zero-order valence-electron chi connectivity index (χ0n) is 24.0. The van der Waals surface area contributed by atoms with Gasteiger partial charge in [0.2, 0.25) is 0 Å². The number of hydrogen-bond acceptors (Lipinski definition) is 2. The third kappa shape index (κ3) is 5.09. The molecule has 6 aromatic carbocycles. The maximum absolute atomic E-state index is 3.69. The predicted octanol–water partition coefficient (Wildman–Crippen LogP) is 12.5. The summed E-state index contributed by atoms with van der Waals surface area (Å²) in [5.41, 5.74) is 11.9. The maximum Gasteiger partial charge on any atom is 0.0472 e. The highest BCUT2D eigenvalue weighted by Gasteiger charge is 2.36. The fraction of sp³-hybridized carbons (Fsp3) is 0.0769. The third-order valence-corrected chi connectivity index (χ3v) is 9.31. The van der Waals surface area contributed by atoms with Crippen LogP contribution in [0.2, 0.25) is 0 Å². The summed E-state index contributed by atoms with van der Waals surface area (Å²) in [5.74, 6) is 0. The highest BCUT2D eigenvalue weighted by molar-refractivity contribution is 9.10. The highest BCUT2D eigenvalue weighted by atomic mass is 79.9. The summed E-state index contributed by atoms with van der Waals surface area (Å²) in [6.45, 7) is 4.70. The van der Waals surface area contributed by atoms with Crippen molar-refractivity contribution < 1.29 is 0 Å². The van der Waals surface area contributed by atoms with E-state index in [9.17, 15) is 0 Å². The van der Waals surface area contributed by atoms with Gasteiger partial charge in [-0.25, -0.2) is 0 Å². The number of rotatable bonds is 6. The molecule has 0 fully saturated rings. The lowest BCUT2D eigenvalue weighted by Gasteiger charge is -2.29. The maximum atomic E-state index is 3.69. The van der Waals surface area contributed by atoms with E-state index >= 15 is 0 Å². The molecule has 0 aromatic heterocycles. The van der Waals surface area contributed by atoms with Crippen LogP contribution >= 0.6 is 31.9 Å². The van der Waals surface area contributed by atoms with Crippen molar-refractivity contribution in [3.05, 3.63) is 166 Å². The average Bonchev–Trinajstić information content (AvgIpc) is 3.24. The van der Waals surface area contributed by atoms with Crippen LogP contribution in [-0.4, -0.2) is 0 Å². The predicted molar refractivity (Wildman–Crippen MR) is 189 cm³/mol. The van der Waals surface area contributed by atoms with Crippen molar-refractivity contribution in [2.45, 2.75) is 19.3 Å². The Morgan fingerprint density at radius 3 is 1.16 bits per heavy atom. The number of anilines is 6. The Labute approximate surface area is 270 Å². The van der Waals surface area contributed by atoms with Gasteiger partial charge in [-0.05, 0) is 107 Å². The van der Waals surface area contributed by atoms with Gasteiger partial charge in [0.15, 0.2) is 0 Å². The number of para-hydroxylation sites is 2. The largest absolute Gasteiger partial charge is 0.310 e. The molecule has 1 aliphatic rings. The molecule has 2 nitrogen and oxygen atoms in total. The van der Waals surface area contributed by atoms with Gasteiger partial charge >= 0.3 is 0 Å². The molecule has 4 heteroatoms. The smallest absolute Gasteiger partial charge is 0.0472 e. The molecular weight excluding hydrogens is 656 g/mol. The minimum Gasteiger partial charge on any atom is -0.310 e. The first-order valence-corrected chi connectivity index (χ1v) is 16.0. The van der Waals surface area contributed by atoms with E-state index in [1.165, 1.54) is 22.3 Å².